The zero-order valence-electron chi connectivity index (χ0n) is 15.5. The number of benzene rings is 2. The maximum atomic E-state index is 12.8. The van der Waals surface area contributed by atoms with Crippen LogP contribution in [0.4, 0.5) is 10.5 Å². The van der Waals surface area contributed by atoms with Crippen LogP contribution in [-0.4, -0.2) is 23.0 Å². The lowest BCUT2D eigenvalue weighted by Gasteiger charge is -2.10. The summed E-state index contributed by atoms with van der Waals surface area (Å²) in [4.78, 5) is 33.4. The van der Waals surface area contributed by atoms with Crippen LogP contribution in [0.5, 0.6) is 0 Å². The molecule has 0 fully saturated rings. The number of urea groups is 1. The number of rotatable bonds is 7. The molecule has 7 nitrogen and oxygen atoms in total. The average Bonchev–Trinajstić information content (AvgIpc) is 3.09. The third kappa shape index (κ3) is 5.43. The Labute approximate surface area is 182 Å². The van der Waals surface area contributed by atoms with Crippen molar-refractivity contribution in [3.05, 3.63) is 70.2 Å². The predicted molar refractivity (Wildman–Crippen MR) is 121 cm³/mol. The maximum absolute atomic E-state index is 12.8. The van der Waals surface area contributed by atoms with Gasteiger partial charge in [-0.2, -0.15) is 4.89 Å². The molecule has 3 rings (SSSR count). The summed E-state index contributed by atoms with van der Waals surface area (Å²) in [7, 11) is -2.54. The van der Waals surface area contributed by atoms with E-state index in [0.29, 0.717) is 21.8 Å². The summed E-state index contributed by atoms with van der Waals surface area (Å²) >= 11 is 7.53. The van der Waals surface area contributed by atoms with Crippen LogP contribution in [-0.2, 0) is 9.36 Å². The lowest BCUT2D eigenvalue weighted by atomic mass is 9.99. The van der Waals surface area contributed by atoms with E-state index in [1.54, 1.807) is 47.9 Å². The third-order valence-corrected chi connectivity index (χ3v) is 6.20. The van der Waals surface area contributed by atoms with Crippen molar-refractivity contribution in [1.82, 2.24) is 5.32 Å². The molecule has 0 spiro atoms. The second-order valence-electron chi connectivity index (χ2n) is 6.34. The smallest absolute Gasteiger partial charge is 0.351 e. The number of amides is 3. The number of carbonyl (C=O) groups is 2. The number of hydrogen-bond donors (Lipinski definition) is 4. The van der Waals surface area contributed by atoms with Crippen LogP contribution >= 0.6 is 31.0 Å². The molecule has 1 aromatic heterocycles. The van der Waals surface area contributed by atoms with Crippen LogP contribution in [0.2, 0.25) is 5.02 Å². The van der Waals surface area contributed by atoms with Gasteiger partial charge >= 0.3 is 14.1 Å². The first-order valence-electron chi connectivity index (χ1n) is 8.77. The molecule has 10 heteroatoms. The first-order valence-corrected chi connectivity index (χ1v) is 11.4. The van der Waals surface area contributed by atoms with Crippen molar-refractivity contribution in [3.8, 4) is 0 Å². The molecule has 0 aliphatic heterocycles. The topological polar surface area (TPSA) is 122 Å². The molecular weight excluding hydrogens is 445 g/mol. The van der Waals surface area contributed by atoms with E-state index in [1.165, 1.54) is 17.5 Å². The highest BCUT2D eigenvalue weighted by Gasteiger charge is 2.31. The molecule has 0 bridgehead atoms. The van der Waals surface area contributed by atoms with Gasteiger partial charge in [0.2, 0.25) is 5.91 Å². The van der Waals surface area contributed by atoms with Gasteiger partial charge in [-0.05, 0) is 56.8 Å². The Bertz CT molecular complexity index is 1150. The van der Waals surface area contributed by atoms with Gasteiger partial charge in [-0.25, -0.2) is 4.79 Å². The summed E-state index contributed by atoms with van der Waals surface area (Å²) in [6.07, 6.45) is 2.80. The number of hydrogen-bond acceptors (Lipinski definition) is 4. The summed E-state index contributed by atoms with van der Waals surface area (Å²) in [5.74, 6) is -1.25. The van der Waals surface area contributed by atoms with Crippen LogP contribution in [0.15, 0.2) is 54.0 Å². The second-order valence-corrected chi connectivity index (χ2v) is 8.75. The van der Waals surface area contributed by atoms with Crippen LogP contribution in [0.25, 0.3) is 16.2 Å². The summed E-state index contributed by atoms with van der Waals surface area (Å²) in [6.45, 7) is 0. The molecular formula is C20H18ClN3O4PS+. The van der Waals surface area contributed by atoms with Crippen LogP contribution in [0, 0.1) is 0 Å². The molecule has 3 amide bonds. The summed E-state index contributed by atoms with van der Waals surface area (Å²) in [5.41, 5.74) is 6.94. The SMILES string of the molecule is NC(=O)Nc1ccccc1/C=C/NC(=O)C(C[P+](=O)O)c1csc2ccc(Cl)cc12. The van der Waals surface area contributed by atoms with E-state index < -0.39 is 25.9 Å². The highest BCUT2D eigenvalue weighted by molar-refractivity contribution is 7.38. The quantitative estimate of drug-likeness (QED) is 0.382. The van der Waals surface area contributed by atoms with Crippen molar-refractivity contribution in [2.24, 2.45) is 5.73 Å². The summed E-state index contributed by atoms with van der Waals surface area (Å²) < 4.78 is 12.5. The lowest BCUT2D eigenvalue weighted by Crippen LogP contribution is -2.26. The van der Waals surface area contributed by atoms with Crippen molar-refractivity contribution in [3.63, 3.8) is 0 Å². The first kappa shape index (κ1) is 21.9. The maximum Gasteiger partial charge on any atom is 0.506 e. The Kier molecular flexibility index (Phi) is 7.18. The van der Waals surface area contributed by atoms with E-state index in [0.717, 1.165) is 10.1 Å². The Morgan fingerprint density at radius 3 is 2.77 bits per heavy atom. The van der Waals surface area contributed by atoms with E-state index in [4.69, 9.17) is 17.3 Å². The Morgan fingerprint density at radius 1 is 1.27 bits per heavy atom. The van der Waals surface area contributed by atoms with Gasteiger partial charge < -0.3 is 16.4 Å². The molecule has 0 aliphatic rings. The highest BCUT2D eigenvalue weighted by atomic mass is 35.5. The van der Waals surface area contributed by atoms with Crippen molar-refractivity contribution in [2.75, 3.05) is 11.5 Å². The Balaban J connectivity index is 1.83. The van der Waals surface area contributed by atoms with Gasteiger partial charge in [-0.15, -0.1) is 11.3 Å². The first-order chi connectivity index (χ1) is 14.3. The lowest BCUT2D eigenvalue weighted by molar-refractivity contribution is -0.121. The Hall–Kier alpha value is -2.77. The number of fused-ring (bicyclic) bond motifs is 1. The van der Waals surface area contributed by atoms with Gasteiger partial charge in [0.1, 0.15) is 5.92 Å². The fraction of sp³-hybridized carbons (Fsp3) is 0.100. The number of anilines is 1. The van der Waals surface area contributed by atoms with E-state index in [2.05, 4.69) is 10.6 Å². The van der Waals surface area contributed by atoms with Crippen molar-refractivity contribution in [1.29, 1.82) is 0 Å². The van der Waals surface area contributed by atoms with Gasteiger partial charge in [0.15, 0.2) is 6.16 Å². The summed E-state index contributed by atoms with van der Waals surface area (Å²) in [6, 6.07) is 11.6. The van der Waals surface area contributed by atoms with E-state index in [9.17, 15) is 19.0 Å². The third-order valence-electron chi connectivity index (χ3n) is 4.30. The van der Waals surface area contributed by atoms with Crippen molar-refractivity contribution in [2.45, 2.75) is 5.92 Å². The standard InChI is InChI=1S/C20H17ClN3O4PS/c21-13-5-6-18-14(9-13)16(11-30-18)15(10-29(27)28)19(25)23-8-7-12-3-1-2-4-17(12)24-20(22)26/h1-9,11,15H,10H2,(H4-,22,23,24,25,26,27,28)/p+1/b8-7+. The molecule has 0 radical (unpaired) electrons. The van der Waals surface area contributed by atoms with E-state index in [-0.39, 0.29) is 6.16 Å². The normalized spacial score (nSPS) is 12.7. The fourth-order valence-corrected chi connectivity index (χ4v) is 4.82. The van der Waals surface area contributed by atoms with Gasteiger partial charge in [-0.1, -0.05) is 29.8 Å². The molecule has 0 aliphatic carbocycles. The van der Waals surface area contributed by atoms with E-state index in [1.807, 2.05) is 6.07 Å². The second kappa shape index (κ2) is 9.82. The van der Waals surface area contributed by atoms with Crippen molar-refractivity contribution >= 4 is 64.8 Å². The van der Waals surface area contributed by atoms with Gasteiger partial charge in [0.25, 0.3) is 0 Å². The van der Waals surface area contributed by atoms with Gasteiger partial charge in [0.05, 0.1) is 0 Å². The molecule has 2 atom stereocenters. The molecule has 0 saturated heterocycles. The molecule has 2 unspecified atom stereocenters. The van der Waals surface area contributed by atoms with Crippen molar-refractivity contribution < 1.29 is 19.0 Å². The number of carbonyl (C=O) groups excluding carboxylic acids is 2. The molecule has 0 saturated carbocycles. The largest absolute Gasteiger partial charge is 0.506 e. The molecule has 30 heavy (non-hydrogen) atoms. The summed E-state index contributed by atoms with van der Waals surface area (Å²) in [5, 5.41) is 8.26. The fourth-order valence-electron chi connectivity index (χ4n) is 2.97. The predicted octanol–water partition coefficient (Wildman–Crippen LogP) is 4.65. The number of thiophene rings is 1. The van der Waals surface area contributed by atoms with Gasteiger partial charge in [-0.3, -0.25) is 4.79 Å². The number of halogens is 1. The highest BCUT2D eigenvalue weighted by Crippen LogP contribution is 2.36. The minimum absolute atomic E-state index is 0.215. The van der Waals surface area contributed by atoms with Crippen LogP contribution < -0.4 is 16.4 Å². The number of nitrogens with one attached hydrogen (secondary N) is 2. The minimum atomic E-state index is -2.54. The van der Waals surface area contributed by atoms with E-state index >= 15 is 0 Å². The van der Waals surface area contributed by atoms with Crippen LogP contribution in [0.1, 0.15) is 17.0 Å². The number of nitrogens with two attached hydrogens (primary N) is 1. The zero-order valence-corrected chi connectivity index (χ0v) is 18.0. The van der Waals surface area contributed by atoms with Gasteiger partial charge in [0, 0.05) is 21.6 Å². The Morgan fingerprint density at radius 2 is 2.03 bits per heavy atom. The molecule has 2 aromatic carbocycles. The van der Waals surface area contributed by atoms with Crippen LogP contribution in [0.3, 0.4) is 0 Å². The number of primary amides is 1. The molecule has 154 valence electrons. The average molecular weight is 463 g/mol. The molecule has 5 N–H and O–H groups in total. The monoisotopic (exact) mass is 462 g/mol. The number of para-hydroxylation sites is 1. The molecule has 3 aromatic rings. The molecule has 1 heterocycles. The zero-order chi connectivity index (χ0) is 21.7. The minimum Gasteiger partial charge on any atom is -0.351 e.